The van der Waals surface area contributed by atoms with Crippen LogP contribution in [0, 0.1) is 5.82 Å². The summed E-state index contributed by atoms with van der Waals surface area (Å²) in [5.41, 5.74) is 1.39. The zero-order valence-corrected chi connectivity index (χ0v) is 17.0. The van der Waals surface area contributed by atoms with Gasteiger partial charge < -0.3 is 10.1 Å². The first kappa shape index (κ1) is 19.8. The molecule has 0 fully saturated rings. The number of benzene rings is 2. The normalized spacial score (nSPS) is 11.6. The number of halogens is 1. The number of sulfone groups is 1. The van der Waals surface area contributed by atoms with Gasteiger partial charge in [0.05, 0.1) is 17.5 Å². The number of anilines is 2. The summed E-state index contributed by atoms with van der Waals surface area (Å²) in [6.45, 7) is 0. The molecule has 0 atom stereocenters. The van der Waals surface area contributed by atoms with Gasteiger partial charge in [-0.2, -0.15) is 5.10 Å². The topological polar surface area (TPSA) is 110 Å². The van der Waals surface area contributed by atoms with Crippen molar-refractivity contribution in [3.63, 3.8) is 0 Å². The van der Waals surface area contributed by atoms with Crippen LogP contribution in [0.4, 0.5) is 16.0 Å². The summed E-state index contributed by atoms with van der Waals surface area (Å²) < 4.78 is 42.7. The third kappa shape index (κ3) is 4.23. The summed E-state index contributed by atoms with van der Waals surface area (Å²) in [6, 6.07) is 10.8. The van der Waals surface area contributed by atoms with E-state index in [-0.39, 0.29) is 10.7 Å². The van der Waals surface area contributed by atoms with Gasteiger partial charge in [-0.05, 0) is 48.0 Å². The third-order valence-corrected chi connectivity index (χ3v) is 5.53. The first-order valence-electron chi connectivity index (χ1n) is 8.92. The molecule has 10 heteroatoms. The fraction of sp³-hybridized carbons (Fsp3) is 0.150. The Morgan fingerprint density at radius 2 is 2.00 bits per heavy atom. The molecule has 0 aliphatic carbocycles. The van der Waals surface area contributed by atoms with Crippen molar-refractivity contribution >= 4 is 32.4 Å². The van der Waals surface area contributed by atoms with Gasteiger partial charge in [-0.25, -0.2) is 22.8 Å². The minimum absolute atomic E-state index is 0.163. The number of nitrogens with zero attached hydrogens (tertiary/aromatic N) is 3. The molecule has 4 rings (SSSR count). The highest BCUT2D eigenvalue weighted by atomic mass is 32.2. The van der Waals surface area contributed by atoms with Crippen LogP contribution >= 0.6 is 0 Å². The highest BCUT2D eigenvalue weighted by Gasteiger charge is 2.13. The molecule has 4 aromatic rings. The van der Waals surface area contributed by atoms with Gasteiger partial charge in [-0.15, -0.1) is 0 Å². The Balaban J connectivity index is 1.62. The number of aromatic amines is 1. The monoisotopic (exact) mass is 427 g/mol. The summed E-state index contributed by atoms with van der Waals surface area (Å²) in [6.07, 6.45) is 3.02. The lowest BCUT2D eigenvalue weighted by Crippen LogP contribution is -2.03. The Bertz CT molecular complexity index is 1340. The number of aromatic nitrogens is 4. The molecule has 0 saturated carbocycles. The van der Waals surface area contributed by atoms with Crippen LogP contribution in [0.1, 0.15) is 11.4 Å². The average molecular weight is 427 g/mol. The maximum atomic E-state index is 13.6. The van der Waals surface area contributed by atoms with Crippen molar-refractivity contribution in [1.29, 1.82) is 0 Å². The lowest BCUT2D eigenvalue weighted by atomic mass is 10.1. The van der Waals surface area contributed by atoms with Gasteiger partial charge in [-0.1, -0.05) is 0 Å². The first-order chi connectivity index (χ1) is 14.3. The van der Waals surface area contributed by atoms with Gasteiger partial charge in [0, 0.05) is 24.3 Å². The van der Waals surface area contributed by atoms with E-state index in [9.17, 15) is 12.8 Å². The Morgan fingerprint density at radius 3 is 2.77 bits per heavy atom. The van der Waals surface area contributed by atoms with Crippen LogP contribution in [0.3, 0.4) is 0 Å². The maximum absolute atomic E-state index is 13.6. The molecule has 30 heavy (non-hydrogen) atoms. The van der Waals surface area contributed by atoms with Crippen molar-refractivity contribution in [3.05, 3.63) is 65.9 Å². The molecule has 0 amide bonds. The minimum atomic E-state index is -3.39. The van der Waals surface area contributed by atoms with Crippen molar-refractivity contribution in [1.82, 2.24) is 20.2 Å². The van der Waals surface area contributed by atoms with Gasteiger partial charge in [0.25, 0.3) is 0 Å². The molecule has 2 heterocycles. The van der Waals surface area contributed by atoms with E-state index in [1.54, 1.807) is 30.5 Å². The first-order valence-corrected chi connectivity index (χ1v) is 10.8. The van der Waals surface area contributed by atoms with Gasteiger partial charge in [0.15, 0.2) is 15.7 Å². The van der Waals surface area contributed by atoms with E-state index in [4.69, 9.17) is 4.74 Å². The van der Waals surface area contributed by atoms with E-state index >= 15 is 0 Å². The fourth-order valence-corrected chi connectivity index (χ4v) is 3.70. The number of H-pyrrole nitrogens is 1. The standard InChI is InChI=1S/C20H18FN5O3S/c1-29-14-7-12(8-15(11-14)30(2,27)28)9-19-22-6-5-18(23-19)24-20-16-10-13(21)3-4-17(16)25-26-20/h3-8,10-11H,9H2,1-2H3,(H2,22,23,24,25,26). The summed E-state index contributed by atoms with van der Waals surface area (Å²) in [4.78, 5) is 8.88. The molecular weight excluding hydrogens is 409 g/mol. The second kappa shape index (κ2) is 7.71. The number of fused-ring (bicyclic) bond motifs is 1. The largest absolute Gasteiger partial charge is 0.497 e. The molecular formula is C20H18FN5O3S. The van der Waals surface area contributed by atoms with E-state index in [2.05, 4.69) is 25.5 Å². The van der Waals surface area contributed by atoms with Crippen molar-refractivity contribution in [2.24, 2.45) is 0 Å². The number of hydrogen-bond donors (Lipinski definition) is 2. The molecule has 2 aromatic heterocycles. The predicted octanol–water partition coefficient (Wildman–Crippen LogP) is 3.24. The second-order valence-electron chi connectivity index (χ2n) is 6.71. The Morgan fingerprint density at radius 1 is 1.17 bits per heavy atom. The second-order valence-corrected chi connectivity index (χ2v) is 8.73. The average Bonchev–Trinajstić information content (AvgIpc) is 3.09. The third-order valence-electron chi connectivity index (χ3n) is 4.44. The van der Waals surface area contributed by atoms with Crippen LogP contribution in [-0.2, 0) is 16.3 Å². The van der Waals surface area contributed by atoms with Crippen molar-refractivity contribution in [2.75, 3.05) is 18.7 Å². The van der Waals surface area contributed by atoms with E-state index in [0.29, 0.717) is 46.1 Å². The molecule has 0 unspecified atom stereocenters. The zero-order valence-electron chi connectivity index (χ0n) is 16.2. The van der Waals surface area contributed by atoms with Crippen LogP contribution in [0.5, 0.6) is 5.75 Å². The van der Waals surface area contributed by atoms with Crippen LogP contribution in [-0.4, -0.2) is 41.9 Å². The Labute approximate surface area is 172 Å². The number of ether oxygens (including phenoxy) is 1. The van der Waals surface area contributed by atoms with Gasteiger partial charge in [0.1, 0.15) is 23.2 Å². The summed E-state index contributed by atoms with van der Waals surface area (Å²) >= 11 is 0. The van der Waals surface area contributed by atoms with Crippen LogP contribution in [0.25, 0.3) is 10.9 Å². The molecule has 8 nitrogen and oxygen atoms in total. The fourth-order valence-electron chi connectivity index (χ4n) is 3.00. The quantitative estimate of drug-likeness (QED) is 0.486. The van der Waals surface area contributed by atoms with Crippen LogP contribution in [0.15, 0.2) is 53.6 Å². The lowest BCUT2D eigenvalue weighted by molar-refractivity contribution is 0.413. The Kier molecular flexibility index (Phi) is 5.08. The van der Waals surface area contributed by atoms with Gasteiger partial charge in [0.2, 0.25) is 0 Å². The molecule has 0 radical (unpaired) electrons. The highest BCUT2D eigenvalue weighted by Crippen LogP contribution is 2.25. The molecule has 154 valence electrons. The van der Waals surface area contributed by atoms with Gasteiger partial charge >= 0.3 is 0 Å². The van der Waals surface area contributed by atoms with E-state index in [1.165, 1.54) is 25.3 Å². The SMILES string of the molecule is COc1cc(Cc2nccc(Nc3n[nH]c4ccc(F)cc34)n2)cc(S(C)(=O)=O)c1. The number of nitrogens with one attached hydrogen (secondary N) is 2. The molecule has 0 aliphatic rings. The highest BCUT2D eigenvalue weighted by molar-refractivity contribution is 7.90. The van der Waals surface area contributed by atoms with E-state index in [0.717, 1.165) is 6.26 Å². The number of hydrogen-bond acceptors (Lipinski definition) is 7. The summed E-state index contributed by atoms with van der Waals surface area (Å²) in [5.74, 6) is 1.46. The van der Waals surface area contributed by atoms with Crippen molar-refractivity contribution in [2.45, 2.75) is 11.3 Å². The molecule has 0 saturated heterocycles. The zero-order chi connectivity index (χ0) is 21.3. The maximum Gasteiger partial charge on any atom is 0.175 e. The smallest absolute Gasteiger partial charge is 0.175 e. The molecule has 2 aromatic carbocycles. The Hall–Kier alpha value is -3.53. The van der Waals surface area contributed by atoms with Crippen molar-refractivity contribution in [3.8, 4) is 5.75 Å². The molecule has 0 aliphatic heterocycles. The van der Waals surface area contributed by atoms with Crippen molar-refractivity contribution < 1.29 is 17.5 Å². The lowest BCUT2D eigenvalue weighted by Gasteiger charge is -2.09. The van der Waals surface area contributed by atoms with E-state index < -0.39 is 9.84 Å². The minimum Gasteiger partial charge on any atom is -0.497 e. The number of methoxy groups -OCH3 is 1. The molecule has 0 spiro atoms. The van der Waals surface area contributed by atoms with Crippen LogP contribution < -0.4 is 10.1 Å². The summed E-state index contributed by atoms with van der Waals surface area (Å²) in [5, 5.41) is 10.6. The molecule has 0 bridgehead atoms. The van der Waals surface area contributed by atoms with E-state index in [1.807, 2.05) is 0 Å². The predicted molar refractivity (Wildman–Crippen MR) is 110 cm³/mol. The van der Waals surface area contributed by atoms with Crippen LogP contribution in [0.2, 0.25) is 0 Å². The number of rotatable bonds is 6. The molecule has 2 N–H and O–H groups in total. The van der Waals surface area contributed by atoms with Gasteiger partial charge in [-0.3, -0.25) is 5.10 Å². The summed E-state index contributed by atoms with van der Waals surface area (Å²) in [7, 11) is -1.92.